The van der Waals surface area contributed by atoms with Gasteiger partial charge in [0.05, 0.1) is 23.1 Å². The van der Waals surface area contributed by atoms with Gasteiger partial charge >= 0.3 is 0 Å². The molecule has 0 bridgehead atoms. The number of nitrogens with zero attached hydrogens (tertiary/aromatic N) is 4. The average molecular weight is 445 g/mol. The zero-order valence-electron chi connectivity index (χ0n) is 18.7. The quantitative estimate of drug-likeness (QED) is 0.452. The second kappa shape index (κ2) is 9.46. The molecule has 0 spiro atoms. The fraction of sp³-hybridized carbons (Fsp3) is 0.320. The molecule has 1 fully saturated rings. The van der Waals surface area contributed by atoms with Crippen molar-refractivity contribution in [3.8, 4) is 22.8 Å². The number of benzene rings is 2. The van der Waals surface area contributed by atoms with E-state index in [0.717, 1.165) is 72.8 Å². The lowest BCUT2D eigenvalue weighted by molar-refractivity contribution is -0.119. The van der Waals surface area contributed by atoms with Gasteiger partial charge < -0.3 is 19.5 Å². The predicted octanol–water partition coefficient (Wildman–Crippen LogP) is 3.82. The van der Waals surface area contributed by atoms with E-state index in [9.17, 15) is 4.79 Å². The highest BCUT2D eigenvalue weighted by molar-refractivity contribution is 5.77. The van der Waals surface area contributed by atoms with Crippen LogP contribution in [0, 0.1) is 0 Å². The molecule has 8 nitrogen and oxygen atoms in total. The molecule has 1 saturated heterocycles. The minimum Gasteiger partial charge on any atom is -0.457 e. The highest BCUT2D eigenvalue weighted by Crippen LogP contribution is 2.27. The summed E-state index contributed by atoms with van der Waals surface area (Å²) in [5, 5.41) is 9.99. The standard InChI is InChI=1S/C25H28N6O2/c1-18(32)28-20-9-12-30(13-10-20)14-15-31-17-26-24-16-22(6-7-25(24)31)33-21-4-2-19(3-5-21)23-8-11-27-29-23/h2-8,11,16-17,20H,9-10,12-15H2,1H3,(H,27,29)(H,28,32). The minimum atomic E-state index is 0.0628. The molecule has 2 N–H and O–H groups in total. The summed E-state index contributed by atoms with van der Waals surface area (Å²) in [5.74, 6) is 1.61. The second-order valence-corrected chi connectivity index (χ2v) is 8.50. The zero-order chi connectivity index (χ0) is 22.6. The van der Waals surface area contributed by atoms with E-state index in [1.54, 1.807) is 13.1 Å². The molecule has 2 aromatic carbocycles. The number of piperidine rings is 1. The Hall–Kier alpha value is -3.65. The van der Waals surface area contributed by atoms with Crippen molar-refractivity contribution in [2.75, 3.05) is 19.6 Å². The maximum absolute atomic E-state index is 11.2. The third-order valence-corrected chi connectivity index (χ3v) is 6.15. The van der Waals surface area contributed by atoms with E-state index in [1.165, 1.54) is 0 Å². The molecule has 170 valence electrons. The van der Waals surface area contributed by atoms with Crippen molar-refractivity contribution >= 4 is 16.9 Å². The summed E-state index contributed by atoms with van der Waals surface area (Å²) in [7, 11) is 0. The molecule has 5 rings (SSSR count). The van der Waals surface area contributed by atoms with E-state index >= 15 is 0 Å². The van der Waals surface area contributed by atoms with Gasteiger partial charge in [0.25, 0.3) is 0 Å². The van der Waals surface area contributed by atoms with Gasteiger partial charge in [0.15, 0.2) is 0 Å². The molecule has 33 heavy (non-hydrogen) atoms. The minimum absolute atomic E-state index is 0.0628. The molecule has 1 aliphatic heterocycles. The van der Waals surface area contributed by atoms with Crippen LogP contribution in [0.25, 0.3) is 22.3 Å². The van der Waals surface area contributed by atoms with Crippen LogP contribution in [0.3, 0.4) is 0 Å². The highest BCUT2D eigenvalue weighted by Gasteiger charge is 2.19. The number of hydrogen-bond donors (Lipinski definition) is 2. The maximum Gasteiger partial charge on any atom is 0.217 e. The van der Waals surface area contributed by atoms with Crippen LogP contribution >= 0.6 is 0 Å². The van der Waals surface area contributed by atoms with Gasteiger partial charge in [-0.3, -0.25) is 9.89 Å². The number of aromatic amines is 1. The van der Waals surface area contributed by atoms with E-state index in [2.05, 4.69) is 36.0 Å². The third kappa shape index (κ3) is 5.06. The van der Waals surface area contributed by atoms with Crippen LogP contribution in [0.5, 0.6) is 11.5 Å². The third-order valence-electron chi connectivity index (χ3n) is 6.15. The first kappa shape index (κ1) is 21.2. The number of likely N-dealkylation sites (tertiary alicyclic amines) is 1. The van der Waals surface area contributed by atoms with E-state index in [-0.39, 0.29) is 5.91 Å². The normalized spacial score (nSPS) is 15.1. The molecular formula is C25H28N6O2. The molecule has 0 aliphatic carbocycles. The molecule has 2 aromatic heterocycles. The summed E-state index contributed by atoms with van der Waals surface area (Å²) < 4.78 is 8.24. The molecule has 0 unspecified atom stereocenters. The van der Waals surface area contributed by atoms with Gasteiger partial charge in [-0.25, -0.2) is 4.98 Å². The molecule has 0 saturated carbocycles. The molecule has 0 radical (unpaired) electrons. The van der Waals surface area contributed by atoms with Gasteiger partial charge in [-0.05, 0) is 60.9 Å². The first-order valence-electron chi connectivity index (χ1n) is 11.4. The predicted molar refractivity (Wildman–Crippen MR) is 127 cm³/mol. The van der Waals surface area contributed by atoms with Gasteiger partial charge in [0.2, 0.25) is 5.91 Å². The lowest BCUT2D eigenvalue weighted by atomic mass is 10.1. The highest BCUT2D eigenvalue weighted by atomic mass is 16.5. The van der Waals surface area contributed by atoms with Crippen molar-refractivity contribution in [2.45, 2.75) is 32.4 Å². The number of carbonyl (C=O) groups is 1. The maximum atomic E-state index is 11.2. The van der Waals surface area contributed by atoms with Gasteiger partial charge in [0, 0.05) is 51.4 Å². The number of rotatable bonds is 7. The van der Waals surface area contributed by atoms with Crippen molar-refractivity contribution in [2.24, 2.45) is 0 Å². The van der Waals surface area contributed by atoms with E-state index in [4.69, 9.17) is 4.74 Å². The number of nitrogens with one attached hydrogen (secondary N) is 2. The van der Waals surface area contributed by atoms with Crippen molar-refractivity contribution in [3.05, 3.63) is 61.1 Å². The Morgan fingerprint density at radius 1 is 1.09 bits per heavy atom. The molecule has 1 aliphatic rings. The molecule has 4 aromatic rings. The van der Waals surface area contributed by atoms with Crippen molar-refractivity contribution in [1.29, 1.82) is 0 Å². The molecule has 3 heterocycles. The van der Waals surface area contributed by atoms with E-state index < -0.39 is 0 Å². The molecule has 1 amide bonds. The number of ether oxygens (including phenoxy) is 1. The molecule has 0 atom stereocenters. The number of hydrogen-bond acceptors (Lipinski definition) is 5. The van der Waals surface area contributed by atoms with Crippen molar-refractivity contribution < 1.29 is 9.53 Å². The summed E-state index contributed by atoms with van der Waals surface area (Å²) in [5.41, 5.74) is 4.06. The lowest BCUT2D eigenvalue weighted by Gasteiger charge is -2.32. The summed E-state index contributed by atoms with van der Waals surface area (Å²) in [6, 6.07) is 16.2. The van der Waals surface area contributed by atoms with Gasteiger partial charge in [-0.1, -0.05) is 0 Å². The first-order chi connectivity index (χ1) is 16.1. The van der Waals surface area contributed by atoms with Gasteiger partial charge in [-0.15, -0.1) is 0 Å². The fourth-order valence-electron chi connectivity index (χ4n) is 4.38. The Morgan fingerprint density at radius 3 is 2.61 bits per heavy atom. The van der Waals surface area contributed by atoms with Crippen LogP contribution in [-0.4, -0.2) is 56.2 Å². The lowest BCUT2D eigenvalue weighted by Crippen LogP contribution is -2.44. The Kier molecular flexibility index (Phi) is 6.08. The number of amides is 1. The van der Waals surface area contributed by atoms with Crippen LogP contribution in [0.2, 0.25) is 0 Å². The Bertz CT molecular complexity index is 1210. The summed E-state index contributed by atoms with van der Waals surface area (Å²) in [6.45, 7) is 5.46. The Labute approximate surface area is 192 Å². The number of imidazole rings is 1. The first-order valence-corrected chi connectivity index (χ1v) is 11.4. The number of fused-ring (bicyclic) bond motifs is 1. The van der Waals surface area contributed by atoms with Crippen LogP contribution in [0.15, 0.2) is 61.1 Å². The fourth-order valence-corrected chi connectivity index (χ4v) is 4.38. The van der Waals surface area contributed by atoms with Crippen LogP contribution in [0.1, 0.15) is 19.8 Å². The van der Waals surface area contributed by atoms with Crippen molar-refractivity contribution in [1.82, 2.24) is 30.0 Å². The SMILES string of the molecule is CC(=O)NC1CCN(CCn2cnc3cc(Oc4ccc(-c5ccn[nH]5)cc4)ccc32)CC1. The van der Waals surface area contributed by atoms with Crippen LogP contribution in [-0.2, 0) is 11.3 Å². The largest absolute Gasteiger partial charge is 0.457 e. The smallest absolute Gasteiger partial charge is 0.217 e. The van der Waals surface area contributed by atoms with E-state index in [0.29, 0.717) is 6.04 Å². The molecular weight excluding hydrogens is 416 g/mol. The molecule has 8 heteroatoms. The Balaban J connectivity index is 1.18. The van der Waals surface area contributed by atoms with Crippen LogP contribution < -0.4 is 10.1 Å². The second-order valence-electron chi connectivity index (χ2n) is 8.50. The van der Waals surface area contributed by atoms with Crippen LogP contribution in [0.4, 0.5) is 0 Å². The van der Waals surface area contributed by atoms with E-state index in [1.807, 2.05) is 48.8 Å². The number of carbonyl (C=O) groups excluding carboxylic acids is 1. The summed E-state index contributed by atoms with van der Waals surface area (Å²) >= 11 is 0. The average Bonchev–Trinajstić information content (AvgIpc) is 3.49. The topological polar surface area (TPSA) is 88.1 Å². The monoisotopic (exact) mass is 444 g/mol. The summed E-state index contributed by atoms with van der Waals surface area (Å²) in [6.07, 6.45) is 5.66. The van der Waals surface area contributed by atoms with Crippen molar-refractivity contribution in [3.63, 3.8) is 0 Å². The number of H-pyrrole nitrogens is 1. The number of aromatic nitrogens is 4. The van der Waals surface area contributed by atoms with Gasteiger partial charge in [-0.2, -0.15) is 5.10 Å². The zero-order valence-corrected chi connectivity index (χ0v) is 18.7. The van der Waals surface area contributed by atoms with Gasteiger partial charge in [0.1, 0.15) is 11.5 Å². The summed E-state index contributed by atoms with van der Waals surface area (Å²) in [4.78, 5) is 18.3. The Morgan fingerprint density at radius 2 is 1.88 bits per heavy atom.